The Labute approximate surface area is 429 Å². The van der Waals surface area contributed by atoms with Gasteiger partial charge in [-0.15, -0.1) is 0 Å². The third-order valence-corrected chi connectivity index (χ3v) is 13.7. The van der Waals surface area contributed by atoms with Gasteiger partial charge in [0, 0.05) is 38.4 Å². The van der Waals surface area contributed by atoms with Crippen molar-refractivity contribution in [3.8, 4) is 0 Å². The van der Waals surface area contributed by atoms with Gasteiger partial charge in [-0.05, 0) is 99.7 Å². The first-order valence-corrected chi connectivity index (χ1v) is 26.6. The smallest absolute Gasteiger partial charge is 0.289 e. The molecule has 0 spiro atoms. The first-order chi connectivity index (χ1) is 34.6. The third kappa shape index (κ3) is 19.6. The minimum absolute atomic E-state index is 0.0230. The molecule has 1 aliphatic heterocycles. The van der Waals surface area contributed by atoms with E-state index in [1.54, 1.807) is 18.7 Å². The highest BCUT2D eigenvalue weighted by molar-refractivity contribution is 6.38. The van der Waals surface area contributed by atoms with Crippen LogP contribution in [0.3, 0.4) is 0 Å². The number of ketones is 1. The summed E-state index contributed by atoms with van der Waals surface area (Å²) in [6.45, 7) is 11.6. The van der Waals surface area contributed by atoms with E-state index in [4.69, 9.17) is 0 Å². The quantitative estimate of drug-likeness (QED) is 0.0316. The molecular formula is C57H84N8O7. The molecule has 394 valence electrons. The van der Waals surface area contributed by atoms with E-state index in [1.807, 2.05) is 32.9 Å². The Bertz CT molecular complexity index is 2100. The van der Waals surface area contributed by atoms with Crippen molar-refractivity contribution in [2.24, 2.45) is 29.1 Å². The van der Waals surface area contributed by atoms with Gasteiger partial charge in [0.1, 0.15) is 23.8 Å². The van der Waals surface area contributed by atoms with Gasteiger partial charge in [-0.2, -0.15) is 0 Å². The molecule has 1 aromatic heterocycles. The number of allylic oxidation sites excluding steroid dienone is 12. The van der Waals surface area contributed by atoms with Gasteiger partial charge in [0.2, 0.25) is 29.4 Å². The summed E-state index contributed by atoms with van der Waals surface area (Å²) >= 11 is 0. The number of hydrogen-bond acceptors (Lipinski definition) is 9. The Morgan fingerprint density at radius 2 is 1.31 bits per heavy atom. The number of rotatable bonds is 28. The summed E-state index contributed by atoms with van der Waals surface area (Å²) in [6.07, 6.45) is 43.0. The molecule has 2 heterocycles. The molecule has 15 heteroatoms. The molecule has 2 saturated carbocycles. The summed E-state index contributed by atoms with van der Waals surface area (Å²) in [4.78, 5) is 106. The van der Waals surface area contributed by atoms with Crippen LogP contribution in [0.4, 0.5) is 0 Å². The van der Waals surface area contributed by atoms with Crippen molar-refractivity contribution in [2.75, 3.05) is 19.6 Å². The van der Waals surface area contributed by atoms with Crippen LogP contribution in [0.2, 0.25) is 0 Å². The van der Waals surface area contributed by atoms with Crippen LogP contribution in [0, 0.1) is 29.1 Å². The number of carbonyl (C=O) groups excluding carboxylic acids is 7. The van der Waals surface area contributed by atoms with Crippen LogP contribution in [-0.4, -0.2) is 99.9 Å². The molecule has 72 heavy (non-hydrogen) atoms. The van der Waals surface area contributed by atoms with Gasteiger partial charge in [0.05, 0.1) is 12.2 Å². The molecular weight excluding hydrogens is 909 g/mol. The second kappa shape index (κ2) is 31.5. The van der Waals surface area contributed by atoms with E-state index < -0.39 is 70.8 Å². The summed E-state index contributed by atoms with van der Waals surface area (Å²) in [5.74, 6) is -4.54. The number of fused-ring (bicyclic) bond motifs is 1. The minimum atomic E-state index is -1.17. The highest BCUT2D eigenvalue weighted by Gasteiger charge is 2.52. The number of nitrogens with zero attached hydrogens (tertiary/aromatic N) is 3. The first-order valence-electron chi connectivity index (χ1n) is 26.6. The largest absolute Gasteiger partial charge is 0.354 e. The average molecular weight is 993 g/mol. The van der Waals surface area contributed by atoms with Gasteiger partial charge < -0.3 is 31.5 Å². The van der Waals surface area contributed by atoms with E-state index in [-0.39, 0.29) is 48.9 Å². The number of amides is 6. The van der Waals surface area contributed by atoms with Gasteiger partial charge in [-0.1, -0.05) is 140 Å². The van der Waals surface area contributed by atoms with Crippen molar-refractivity contribution in [1.82, 2.24) is 41.5 Å². The number of Topliss-reactive ketones (excluding diaryl/α,β-unsaturated/α-hetero) is 1. The molecule has 3 fully saturated rings. The van der Waals surface area contributed by atoms with Crippen molar-refractivity contribution in [3.63, 3.8) is 0 Å². The number of aromatic nitrogens is 2. The Hall–Kier alpha value is -5.99. The lowest BCUT2D eigenvalue weighted by molar-refractivity contribution is -0.146. The van der Waals surface area contributed by atoms with E-state index in [2.05, 4.69) is 104 Å². The van der Waals surface area contributed by atoms with Crippen LogP contribution in [0.25, 0.3) is 0 Å². The Morgan fingerprint density at radius 3 is 1.88 bits per heavy atom. The molecule has 2 aliphatic carbocycles. The fourth-order valence-corrected chi connectivity index (χ4v) is 9.73. The SMILES string of the molecule is CCC=CCC=CCC=CCC=CCC=CCC=CCCC(=O)NCCNC(=O)C(=O)C(NC(=O)C1C2CCCC2CN1C(=O)C(NC(=O)C(NC(=O)c1cnccn1)C1CCCCC1)C(C)(C)C)C(C)C. The van der Waals surface area contributed by atoms with Crippen molar-refractivity contribution in [2.45, 2.75) is 168 Å². The standard InChI is InChI=1S/C57H84N8O7/c1-7-8-9-10-11-12-13-14-15-16-17-18-19-20-21-22-23-24-28-34-46(66)60-37-38-61-55(71)50(67)47(41(2)3)62-54(70)49-44-33-29-32-43(44)40-65(49)56(72)51(57(4,5)6)64-53(69)48(42-30-26-25-27-31-42)63-52(68)45-39-58-35-36-59-45/h8-9,11-12,14-15,17-18,20-21,23-24,35-36,39,41-44,47-49,51H,7,10,13,16,19,22,25-34,37-38,40H2,1-6H3,(H,60,66)(H,61,71)(H,62,70)(H,63,68)(H,64,69). The zero-order chi connectivity index (χ0) is 52.3. The topological polar surface area (TPSA) is 209 Å². The van der Waals surface area contributed by atoms with E-state index in [1.165, 1.54) is 18.6 Å². The van der Waals surface area contributed by atoms with Crippen LogP contribution >= 0.6 is 0 Å². The summed E-state index contributed by atoms with van der Waals surface area (Å²) in [6, 6.07) is -4.06. The molecule has 6 amide bonds. The zero-order valence-electron chi connectivity index (χ0n) is 43.9. The fourth-order valence-electron chi connectivity index (χ4n) is 9.73. The van der Waals surface area contributed by atoms with Crippen molar-refractivity contribution >= 4 is 41.2 Å². The van der Waals surface area contributed by atoms with E-state index >= 15 is 0 Å². The summed E-state index contributed by atoms with van der Waals surface area (Å²) in [5, 5.41) is 14.1. The van der Waals surface area contributed by atoms with E-state index in [0.29, 0.717) is 19.4 Å². The van der Waals surface area contributed by atoms with Crippen LogP contribution in [0.1, 0.15) is 155 Å². The van der Waals surface area contributed by atoms with Crippen LogP contribution < -0.4 is 26.6 Å². The second-order valence-electron chi connectivity index (χ2n) is 20.7. The van der Waals surface area contributed by atoms with E-state index in [0.717, 1.165) is 83.5 Å². The molecule has 15 nitrogen and oxygen atoms in total. The number of likely N-dealkylation sites (tertiary alicyclic amines) is 1. The summed E-state index contributed by atoms with van der Waals surface area (Å²) in [7, 11) is 0. The van der Waals surface area contributed by atoms with Crippen LogP contribution in [-0.2, 0) is 28.8 Å². The molecule has 0 radical (unpaired) electrons. The number of nitrogens with one attached hydrogen (secondary N) is 5. The second-order valence-corrected chi connectivity index (χ2v) is 20.7. The maximum absolute atomic E-state index is 14.8. The average Bonchev–Trinajstić information content (AvgIpc) is 3.98. The van der Waals surface area contributed by atoms with Gasteiger partial charge >= 0.3 is 0 Å². The molecule has 6 unspecified atom stereocenters. The minimum Gasteiger partial charge on any atom is -0.354 e. The lowest BCUT2D eigenvalue weighted by atomic mass is 9.82. The maximum atomic E-state index is 14.8. The van der Waals surface area contributed by atoms with Crippen LogP contribution in [0.15, 0.2) is 91.5 Å². The van der Waals surface area contributed by atoms with E-state index in [9.17, 15) is 33.6 Å². The highest BCUT2D eigenvalue weighted by atomic mass is 16.2. The normalized spacial score (nSPS) is 19.9. The predicted octanol–water partition coefficient (Wildman–Crippen LogP) is 7.73. The number of carbonyl (C=O) groups is 7. The Morgan fingerprint density at radius 1 is 0.708 bits per heavy atom. The number of hydrogen-bond donors (Lipinski definition) is 5. The van der Waals surface area contributed by atoms with Gasteiger partial charge in [0.15, 0.2) is 0 Å². The molecule has 5 N–H and O–H groups in total. The van der Waals surface area contributed by atoms with Crippen LogP contribution in [0.5, 0.6) is 0 Å². The maximum Gasteiger partial charge on any atom is 0.289 e. The van der Waals surface area contributed by atoms with Crippen molar-refractivity contribution < 1.29 is 33.6 Å². The lowest BCUT2D eigenvalue weighted by Gasteiger charge is -2.38. The fraction of sp³-hybridized carbons (Fsp3) is 0.596. The Kier molecular flexibility index (Phi) is 25.6. The third-order valence-electron chi connectivity index (χ3n) is 13.7. The molecule has 0 aromatic carbocycles. The van der Waals surface area contributed by atoms with Crippen molar-refractivity contribution in [3.05, 3.63) is 97.2 Å². The molecule has 4 rings (SSSR count). The van der Waals surface area contributed by atoms with Gasteiger partial charge in [0.25, 0.3) is 11.8 Å². The molecule has 1 aromatic rings. The van der Waals surface area contributed by atoms with Gasteiger partial charge in [-0.25, -0.2) is 4.98 Å². The van der Waals surface area contributed by atoms with Gasteiger partial charge in [-0.3, -0.25) is 38.5 Å². The molecule has 3 aliphatic rings. The monoisotopic (exact) mass is 993 g/mol. The summed E-state index contributed by atoms with van der Waals surface area (Å²) < 4.78 is 0. The summed E-state index contributed by atoms with van der Waals surface area (Å²) in [5.41, 5.74) is -0.712. The predicted molar refractivity (Wildman–Crippen MR) is 283 cm³/mol. The Balaban J connectivity index is 1.24. The molecule has 0 bridgehead atoms. The highest BCUT2D eigenvalue weighted by Crippen LogP contribution is 2.43. The lowest BCUT2D eigenvalue weighted by Crippen LogP contribution is -2.62. The molecule has 6 atom stereocenters. The van der Waals surface area contributed by atoms with Crippen molar-refractivity contribution in [1.29, 1.82) is 0 Å². The molecule has 1 saturated heterocycles. The first kappa shape index (κ1) is 58.6. The zero-order valence-corrected chi connectivity index (χ0v) is 43.9.